The third-order valence-corrected chi connectivity index (χ3v) is 13.0. The molecule has 0 unspecified atom stereocenters. The molecule has 1 rings (SSSR count). The molecule has 0 aliphatic carbocycles. The zero-order valence-electron chi connectivity index (χ0n) is 41.4. The summed E-state index contributed by atoms with van der Waals surface area (Å²) in [7, 11) is 0. The second-order valence-corrected chi connectivity index (χ2v) is 18.9. The Morgan fingerprint density at radius 1 is 0.565 bits per heavy atom. The molecule has 0 spiro atoms. The number of aromatic hydroxyl groups is 1. The van der Waals surface area contributed by atoms with Crippen molar-refractivity contribution in [1.29, 1.82) is 0 Å². The van der Waals surface area contributed by atoms with Crippen LogP contribution in [0.2, 0.25) is 0 Å². The molecular formula is C52H84N4O13. The minimum Gasteiger partial charge on any atom is -0.508 e. The number of primary amides is 1. The van der Waals surface area contributed by atoms with Gasteiger partial charge in [0.25, 0.3) is 0 Å². The first-order valence-electron chi connectivity index (χ1n) is 25.5. The van der Waals surface area contributed by atoms with E-state index in [2.05, 4.69) is 10.6 Å². The molecule has 0 radical (unpaired) electrons. The normalized spacial score (nSPS) is 13.8. The molecule has 69 heavy (non-hydrogen) atoms. The van der Waals surface area contributed by atoms with Crippen molar-refractivity contribution < 1.29 is 63.6 Å². The second-order valence-electron chi connectivity index (χ2n) is 18.9. The van der Waals surface area contributed by atoms with Crippen molar-refractivity contribution in [1.82, 2.24) is 10.6 Å². The first-order chi connectivity index (χ1) is 32.8. The maximum atomic E-state index is 13.6. The van der Waals surface area contributed by atoms with Crippen LogP contribution in [0.25, 0.3) is 0 Å². The topological polar surface area (TPSA) is 311 Å². The number of nitrogens with one attached hydrogen (secondary N) is 2. The molecule has 1 aromatic carbocycles. The van der Waals surface area contributed by atoms with E-state index in [0.717, 1.165) is 57.8 Å². The minimum atomic E-state index is -1.30. The van der Waals surface area contributed by atoms with Crippen LogP contribution in [0.5, 0.6) is 5.75 Å². The van der Waals surface area contributed by atoms with Crippen LogP contribution in [0.15, 0.2) is 24.3 Å². The summed E-state index contributed by atoms with van der Waals surface area (Å²) >= 11 is 0. The highest BCUT2D eigenvalue weighted by molar-refractivity contribution is 5.92. The average molecular weight is 973 g/mol. The van der Waals surface area contributed by atoms with Crippen molar-refractivity contribution in [2.75, 3.05) is 6.54 Å². The average Bonchev–Trinajstić information content (AvgIpc) is 3.30. The molecule has 17 nitrogen and oxygen atoms in total. The van der Waals surface area contributed by atoms with E-state index in [4.69, 9.17) is 16.6 Å². The predicted molar refractivity (Wildman–Crippen MR) is 262 cm³/mol. The van der Waals surface area contributed by atoms with Gasteiger partial charge in [0.05, 0.1) is 12.0 Å². The molecule has 0 aromatic heterocycles. The lowest BCUT2D eigenvalue weighted by Crippen LogP contribution is -2.41. The van der Waals surface area contributed by atoms with Crippen LogP contribution < -0.4 is 22.1 Å². The van der Waals surface area contributed by atoms with Gasteiger partial charge in [0.1, 0.15) is 23.4 Å². The van der Waals surface area contributed by atoms with Crippen molar-refractivity contribution in [2.45, 2.75) is 206 Å². The molecule has 0 saturated heterocycles. The summed E-state index contributed by atoms with van der Waals surface area (Å²) < 4.78 is 0. The molecule has 390 valence electrons. The van der Waals surface area contributed by atoms with E-state index in [1.165, 1.54) is 37.8 Å². The molecule has 10 N–H and O–H groups in total. The van der Waals surface area contributed by atoms with Gasteiger partial charge in [-0.15, -0.1) is 0 Å². The van der Waals surface area contributed by atoms with E-state index in [-0.39, 0.29) is 87.6 Å². The van der Waals surface area contributed by atoms with Crippen LogP contribution >= 0.6 is 0 Å². The fourth-order valence-electron chi connectivity index (χ4n) is 8.27. The number of hydrogen-bond acceptors (Lipinski definition) is 11. The van der Waals surface area contributed by atoms with Gasteiger partial charge in [0, 0.05) is 63.3 Å². The number of carboxylic acid groups (broad SMARTS) is 3. The zero-order valence-corrected chi connectivity index (χ0v) is 41.4. The number of aliphatic carboxylic acids is 3. The number of carbonyl (C=O) groups is 9. The third-order valence-electron chi connectivity index (χ3n) is 13.0. The summed E-state index contributed by atoms with van der Waals surface area (Å²) in [4.78, 5) is 111. The third kappa shape index (κ3) is 30.1. The maximum absolute atomic E-state index is 13.6. The number of Topliss-reactive ketones (excluding diaryl/α,β-unsaturated/α-hetero) is 3. The van der Waals surface area contributed by atoms with Gasteiger partial charge in [-0.05, 0) is 68.6 Å². The van der Waals surface area contributed by atoms with Crippen LogP contribution in [0.3, 0.4) is 0 Å². The molecule has 0 aliphatic heterocycles. The summed E-state index contributed by atoms with van der Waals surface area (Å²) in [5, 5.41) is 42.9. The van der Waals surface area contributed by atoms with Gasteiger partial charge in [0.15, 0.2) is 5.78 Å². The molecular weight excluding hydrogens is 889 g/mol. The van der Waals surface area contributed by atoms with Gasteiger partial charge < -0.3 is 42.5 Å². The summed E-state index contributed by atoms with van der Waals surface area (Å²) in [5.41, 5.74) is 12.6. The van der Waals surface area contributed by atoms with Crippen molar-refractivity contribution in [3.05, 3.63) is 29.8 Å². The number of amides is 3. The summed E-state index contributed by atoms with van der Waals surface area (Å²) in [5.74, 6) is -8.66. The Kier molecular flexibility index (Phi) is 32.9. The fraction of sp³-hybridized carbons (Fsp3) is 0.712. The van der Waals surface area contributed by atoms with Crippen LogP contribution in [0, 0.1) is 23.7 Å². The van der Waals surface area contributed by atoms with Crippen LogP contribution in [0.1, 0.15) is 193 Å². The number of phenolic OH excluding ortho intramolecular Hbond substituents is 1. The lowest BCUT2D eigenvalue weighted by atomic mass is 9.82. The van der Waals surface area contributed by atoms with Gasteiger partial charge in [-0.25, -0.2) is 4.79 Å². The number of carboxylic acids is 3. The number of benzene rings is 1. The maximum Gasteiger partial charge on any atom is 0.326 e. The highest BCUT2D eigenvalue weighted by atomic mass is 16.4. The number of ketones is 3. The molecule has 0 bridgehead atoms. The van der Waals surface area contributed by atoms with Gasteiger partial charge in [-0.2, -0.15) is 0 Å². The van der Waals surface area contributed by atoms with E-state index in [0.29, 0.717) is 37.7 Å². The monoisotopic (exact) mass is 973 g/mol. The SMILES string of the molecule is CC[C@H](C)[C@H](N)C(=O)C[C@@H](CCCCNC(=O)CC[C@H](CC(=O)CC[C@H](NC(=O)CCCCCCCCCCCCCCCCC(=O)O)C(=O)O)C(=O)O)C(=O)C[C@@H](Cc1ccc(O)cc1)C(N)=O. The van der Waals surface area contributed by atoms with Crippen LogP contribution in [0.4, 0.5) is 0 Å². The molecule has 17 heteroatoms. The van der Waals surface area contributed by atoms with Gasteiger partial charge in [-0.3, -0.25) is 38.4 Å². The quantitative estimate of drug-likeness (QED) is 0.0297. The molecule has 0 aliphatic rings. The summed E-state index contributed by atoms with van der Waals surface area (Å²) in [6.07, 6.45) is 15.4. The van der Waals surface area contributed by atoms with E-state index >= 15 is 0 Å². The van der Waals surface area contributed by atoms with Crippen molar-refractivity contribution in [3.8, 4) is 5.75 Å². The van der Waals surface area contributed by atoms with E-state index in [1.807, 2.05) is 13.8 Å². The summed E-state index contributed by atoms with van der Waals surface area (Å²) in [6.45, 7) is 3.97. The number of phenols is 1. The Hall–Kier alpha value is -5.19. The number of carbonyl (C=O) groups excluding carboxylic acids is 6. The molecule has 0 fully saturated rings. The van der Waals surface area contributed by atoms with E-state index in [9.17, 15) is 58.5 Å². The van der Waals surface area contributed by atoms with Crippen molar-refractivity contribution >= 4 is 53.0 Å². The second kappa shape index (κ2) is 36.7. The van der Waals surface area contributed by atoms with Gasteiger partial charge in [0.2, 0.25) is 17.7 Å². The standard InChI is InChI=1S/C52H84N4O13/c1-3-36(2)49(53)45(60)34-38(44(59)35-40(50(54)65)32-37-23-26-41(57)27-24-37)20-18-19-31-55-46(61)30-25-39(51(66)67)33-42(58)28-29-43(52(68)69)56-47(62)21-16-14-12-10-8-6-4-5-7-9-11-13-15-17-22-48(63)64/h23-24,26-27,36,38-40,43,49,57H,3-22,25,28-35,53H2,1-2H3,(H2,54,65)(H,55,61)(H,56,62)(H,63,64)(H,66,67)(H,68,69)/t36-,38+,39+,40+,43-,49-/m0/s1. The fourth-order valence-corrected chi connectivity index (χ4v) is 8.27. The summed E-state index contributed by atoms with van der Waals surface area (Å²) in [6, 6.07) is 4.16. The van der Waals surface area contributed by atoms with Crippen LogP contribution in [-0.2, 0) is 49.6 Å². The van der Waals surface area contributed by atoms with Crippen molar-refractivity contribution in [2.24, 2.45) is 35.1 Å². The predicted octanol–water partition coefficient (Wildman–Crippen LogP) is 7.35. The molecule has 0 saturated carbocycles. The van der Waals surface area contributed by atoms with E-state index in [1.54, 1.807) is 12.1 Å². The van der Waals surface area contributed by atoms with Gasteiger partial charge >= 0.3 is 17.9 Å². The lowest BCUT2D eigenvalue weighted by molar-refractivity contribution is -0.145. The first-order valence-corrected chi connectivity index (χ1v) is 25.5. The highest BCUT2D eigenvalue weighted by Crippen LogP contribution is 2.24. The lowest BCUT2D eigenvalue weighted by Gasteiger charge is -2.22. The molecule has 6 atom stereocenters. The number of hydrogen-bond donors (Lipinski definition) is 8. The van der Waals surface area contributed by atoms with Gasteiger partial charge in [-0.1, -0.05) is 116 Å². The smallest absolute Gasteiger partial charge is 0.326 e. The Morgan fingerprint density at radius 3 is 1.61 bits per heavy atom. The Bertz CT molecular complexity index is 1740. The Balaban J connectivity index is 2.46. The molecule has 0 heterocycles. The minimum absolute atomic E-state index is 0.0536. The number of rotatable bonds is 44. The van der Waals surface area contributed by atoms with Crippen molar-refractivity contribution in [3.63, 3.8) is 0 Å². The molecule has 3 amide bonds. The Morgan fingerprint density at radius 2 is 1.10 bits per heavy atom. The molecule has 1 aromatic rings. The zero-order chi connectivity index (χ0) is 51.6. The number of unbranched alkanes of at least 4 members (excludes halogenated alkanes) is 14. The Labute approximate surface area is 409 Å². The largest absolute Gasteiger partial charge is 0.508 e. The number of nitrogens with two attached hydrogens (primary N) is 2. The highest BCUT2D eigenvalue weighted by Gasteiger charge is 2.30. The van der Waals surface area contributed by atoms with E-state index < -0.39 is 77.7 Å². The first kappa shape index (κ1) is 61.8. The van der Waals surface area contributed by atoms with Crippen LogP contribution in [-0.4, -0.2) is 92.0 Å².